The molecule has 0 bridgehead atoms. The molecule has 3 rings (SSSR count). The zero-order valence-corrected chi connectivity index (χ0v) is 11.2. The van der Waals surface area contributed by atoms with Crippen LogP contribution < -0.4 is 5.32 Å². The third kappa shape index (κ3) is 2.50. The monoisotopic (exact) mass is 286 g/mol. The van der Waals surface area contributed by atoms with E-state index in [-0.39, 0.29) is 11.7 Å². The molecular formula is C16H12F2N2O. The summed E-state index contributed by atoms with van der Waals surface area (Å²) in [7, 11) is 0. The maximum Gasteiger partial charge on any atom is 0.258 e. The molecule has 1 amide bonds. The topological polar surface area (TPSA) is 44.9 Å². The third-order valence-electron chi connectivity index (χ3n) is 3.26. The van der Waals surface area contributed by atoms with Crippen molar-refractivity contribution in [2.24, 2.45) is 0 Å². The van der Waals surface area contributed by atoms with Crippen LogP contribution >= 0.6 is 0 Å². The predicted octanol–water partition coefficient (Wildman–Crippen LogP) is 4.01. The lowest BCUT2D eigenvalue weighted by Crippen LogP contribution is -2.12. The molecular weight excluding hydrogens is 274 g/mol. The highest BCUT2D eigenvalue weighted by Gasteiger charge is 2.16. The summed E-state index contributed by atoms with van der Waals surface area (Å²) in [4.78, 5) is 15.3. The van der Waals surface area contributed by atoms with Gasteiger partial charge < -0.3 is 10.3 Å². The van der Waals surface area contributed by atoms with Gasteiger partial charge in [0.05, 0.1) is 5.56 Å². The number of H-pyrrole nitrogens is 1. The van der Waals surface area contributed by atoms with E-state index in [1.807, 2.05) is 0 Å². The smallest absolute Gasteiger partial charge is 0.258 e. The van der Waals surface area contributed by atoms with E-state index in [1.165, 1.54) is 30.3 Å². The van der Waals surface area contributed by atoms with Gasteiger partial charge >= 0.3 is 0 Å². The number of benzene rings is 2. The van der Waals surface area contributed by atoms with E-state index >= 15 is 0 Å². The van der Waals surface area contributed by atoms with Crippen LogP contribution in [0.4, 0.5) is 14.5 Å². The summed E-state index contributed by atoms with van der Waals surface area (Å²) >= 11 is 0. The average Bonchev–Trinajstić information content (AvgIpc) is 2.73. The highest BCUT2D eigenvalue weighted by molar-refractivity contribution is 6.13. The SMILES string of the molecule is Cc1[nH]c2cc(F)ccc2c1C(=O)Nc1cccc(F)c1. The molecule has 2 aromatic carbocycles. The number of carbonyl (C=O) groups excluding carboxylic acids is 1. The van der Waals surface area contributed by atoms with E-state index in [2.05, 4.69) is 10.3 Å². The summed E-state index contributed by atoms with van der Waals surface area (Å²) in [6.45, 7) is 1.73. The number of fused-ring (bicyclic) bond motifs is 1. The molecule has 106 valence electrons. The molecule has 0 radical (unpaired) electrons. The third-order valence-corrected chi connectivity index (χ3v) is 3.26. The molecule has 0 fully saturated rings. The Morgan fingerprint density at radius 1 is 1.10 bits per heavy atom. The van der Waals surface area contributed by atoms with Gasteiger partial charge in [-0.25, -0.2) is 8.78 Å². The van der Waals surface area contributed by atoms with Gasteiger partial charge in [0.1, 0.15) is 11.6 Å². The Labute approximate surface area is 119 Å². The van der Waals surface area contributed by atoms with Crippen LogP contribution in [0.3, 0.4) is 0 Å². The van der Waals surface area contributed by atoms with Crippen LogP contribution in [0.1, 0.15) is 16.1 Å². The number of amides is 1. The van der Waals surface area contributed by atoms with Crippen molar-refractivity contribution < 1.29 is 13.6 Å². The summed E-state index contributed by atoms with van der Waals surface area (Å²) in [5.41, 5.74) is 1.98. The van der Waals surface area contributed by atoms with E-state index < -0.39 is 5.82 Å². The minimum Gasteiger partial charge on any atom is -0.358 e. The van der Waals surface area contributed by atoms with Gasteiger partial charge in [-0.2, -0.15) is 0 Å². The van der Waals surface area contributed by atoms with Crippen molar-refractivity contribution in [1.29, 1.82) is 0 Å². The second-order valence-electron chi connectivity index (χ2n) is 4.78. The highest BCUT2D eigenvalue weighted by Crippen LogP contribution is 2.24. The van der Waals surface area contributed by atoms with Crippen molar-refractivity contribution in [3.63, 3.8) is 0 Å². The van der Waals surface area contributed by atoms with Crippen molar-refractivity contribution in [2.45, 2.75) is 6.92 Å². The van der Waals surface area contributed by atoms with Crippen LogP contribution in [0.15, 0.2) is 42.5 Å². The number of carbonyl (C=O) groups is 1. The molecule has 3 nitrogen and oxygen atoms in total. The molecule has 0 atom stereocenters. The number of rotatable bonds is 2. The molecule has 0 unspecified atom stereocenters. The fourth-order valence-corrected chi connectivity index (χ4v) is 2.36. The molecule has 1 heterocycles. The van der Waals surface area contributed by atoms with Crippen LogP contribution in [0, 0.1) is 18.6 Å². The molecule has 0 saturated heterocycles. The Bertz CT molecular complexity index is 839. The Morgan fingerprint density at radius 2 is 1.86 bits per heavy atom. The van der Waals surface area contributed by atoms with Crippen molar-refractivity contribution in [3.05, 3.63) is 65.4 Å². The second kappa shape index (κ2) is 5.01. The van der Waals surface area contributed by atoms with E-state index in [9.17, 15) is 13.6 Å². The van der Waals surface area contributed by atoms with E-state index in [1.54, 1.807) is 19.1 Å². The molecule has 0 aliphatic heterocycles. The molecule has 3 aromatic rings. The Balaban J connectivity index is 2.00. The normalized spacial score (nSPS) is 10.8. The Hall–Kier alpha value is -2.69. The summed E-state index contributed by atoms with van der Waals surface area (Å²) in [5, 5.41) is 3.27. The lowest BCUT2D eigenvalue weighted by molar-refractivity contribution is 0.102. The quantitative estimate of drug-likeness (QED) is 0.734. The second-order valence-corrected chi connectivity index (χ2v) is 4.78. The molecule has 1 aromatic heterocycles. The lowest BCUT2D eigenvalue weighted by Gasteiger charge is -2.05. The fourth-order valence-electron chi connectivity index (χ4n) is 2.36. The summed E-state index contributed by atoms with van der Waals surface area (Å²) in [5.74, 6) is -1.16. The minimum absolute atomic E-state index is 0.365. The van der Waals surface area contributed by atoms with Crippen LogP contribution in [0.2, 0.25) is 0 Å². The number of hydrogen-bond acceptors (Lipinski definition) is 1. The van der Waals surface area contributed by atoms with Crippen LogP contribution in [-0.2, 0) is 0 Å². The van der Waals surface area contributed by atoms with Gasteiger partial charge in [-0.3, -0.25) is 4.79 Å². The molecule has 0 spiro atoms. The fraction of sp³-hybridized carbons (Fsp3) is 0.0625. The molecule has 0 aliphatic rings. The van der Waals surface area contributed by atoms with Gasteiger partial charge in [0.25, 0.3) is 5.91 Å². The molecule has 21 heavy (non-hydrogen) atoms. The van der Waals surface area contributed by atoms with Crippen LogP contribution in [0.25, 0.3) is 10.9 Å². The Kier molecular flexibility index (Phi) is 3.17. The molecule has 0 saturated carbocycles. The van der Waals surface area contributed by atoms with Gasteiger partial charge in [0.15, 0.2) is 0 Å². The number of hydrogen-bond donors (Lipinski definition) is 2. The lowest BCUT2D eigenvalue weighted by atomic mass is 10.1. The predicted molar refractivity (Wildman–Crippen MR) is 77.3 cm³/mol. The van der Waals surface area contributed by atoms with E-state index in [0.717, 1.165) is 0 Å². The van der Waals surface area contributed by atoms with Crippen molar-refractivity contribution in [2.75, 3.05) is 5.32 Å². The molecule has 5 heteroatoms. The first-order valence-electron chi connectivity index (χ1n) is 6.39. The largest absolute Gasteiger partial charge is 0.358 e. The van der Waals surface area contributed by atoms with Crippen LogP contribution in [0.5, 0.6) is 0 Å². The van der Waals surface area contributed by atoms with Gasteiger partial charge in [-0.05, 0) is 43.3 Å². The van der Waals surface area contributed by atoms with E-state index in [4.69, 9.17) is 0 Å². The highest BCUT2D eigenvalue weighted by atomic mass is 19.1. The van der Waals surface area contributed by atoms with Gasteiger partial charge in [-0.15, -0.1) is 0 Å². The number of nitrogens with one attached hydrogen (secondary N) is 2. The zero-order valence-electron chi connectivity index (χ0n) is 11.2. The van der Waals surface area contributed by atoms with Gasteiger partial charge in [0, 0.05) is 22.3 Å². The summed E-state index contributed by atoms with van der Waals surface area (Å²) < 4.78 is 26.3. The average molecular weight is 286 g/mol. The van der Waals surface area contributed by atoms with E-state index in [0.29, 0.717) is 27.8 Å². The van der Waals surface area contributed by atoms with Crippen LogP contribution in [-0.4, -0.2) is 10.9 Å². The molecule has 2 N–H and O–H groups in total. The summed E-state index contributed by atoms with van der Waals surface area (Å²) in [6.07, 6.45) is 0. The number of halogens is 2. The first-order chi connectivity index (χ1) is 10.0. The number of aromatic amines is 1. The number of aromatic nitrogens is 1. The van der Waals surface area contributed by atoms with Gasteiger partial charge in [-0.1, -0.05) is 6.07 Å². The number of aryl methyl sites for hydroxylation is 1. The standard InChI is InChI=1S/C16H12F2N2O/c1-9-15(13-6-5-11(18)8-14(13)19-9)16(21)20-12-4-2-3-10(17)7-12/h2-8,19H,1H3,(H,20,21). The van der Waals surface area contributed by atoms with Crippen molar-refractivity contribution in [3.8, 4) is 0 Å². The first kappa shape index (κ1) is 13.3. The van der Waals surface area contributed by atoms with Crippen molar-refractivity contribution >= 4 is 22.5 Å². The molecule has 0 aliphatic carbocycles. The number of anilines is 1. The van der Waals surface area contributed by atoms with Gasteiger partial charge in [0.2, 0.25) is 0 Å². The first-order valence-corrected chi connectivity index (χ1v) is 6.39. The van der Waals surface area contributed by atoms with Crippen molar-refractivity contribution in [1.82, 2.24) is 4.98 Å². The summed E-state index contributed by atoms with van der Waals surface area (Å²) in [6, 6.07) is 9.84. The zero-order chi connectivity index (χ0) is 15.0. The maximum atomic E-state index is 13.2. The Morgan fingerprint density at radius 3 is 2.62 bits per heavy atom. The minimum atomic E-state index is -0.425. The maximum absolute atomic E-state index is 13.2.